The van der Waals surface area contributed by atoms with Gasteiger partial charge in [-0.05, 0) is 52.9 Å². The Kier molecular flexibility index (Phi) is 4.56. The van der Waals surface area contributed by atoms with Crippen LogP contribution >= 0.6 is 11.3 Å². The highest BCUT2D eigenvalue weighted by Crippen LogP contribution is 2.23. The van der Waals surface area contributed by atoms with Crippen LogP contribution in [0.2, 0.25) is 0 Å². The molecule has 9 heteroatoms. The first kappa shape index (κ1) is 18.2. The minimum absolute atomic E-state index is 0.172. The van der Waals surface area contributed by atoms with Gasteiger partial charge >= 0.3 is 0 Å². The first-order chi connectivity index (χ1) is 14.7. The summed E-state index contributed by atoms with van der Waals surface area (Å²) in [7, 11) is 0. The zero-order valence-corrected chi connectivity index (χ0v) is 16.4. The van der Waals surface area contributed by atoms with Crippen molar-refractivity contribution in [2.75, 3.05) is 0 Å². The molecule has 5 aromatic rings. The van der Waals surface area contributed by atoms with Crippen LogP contribution in [-0.4, -0.2) is 30.7 Å². The molecule has 0 bridgehead atoms. The molecule has 2 N–H and O–H groups in total. The summed E-state index contributed by atoms with van der Waals surface area (Å²) in [5.74, 6) is -0.0553. The Labute approximate surface area is 174 Å². The minimum atomic E-state index is -0.302. The smallest absolute Gasteiger partial charge is 0.268 e. The first-order valence-corrected chi connectivity index (χ1v) is 10.0. The Morgan fingerprint density at radius 3 is 2.77 bits per heavy atom. The number of nitrogens with zero attached hydrogens (tertiary/aromatic N) is 4. The second kappa shape index (κ2) is 7.53. The van der Waals surface area contributed by atoms with Crippen LogP contribution < -0.4 is 5.32 Å². The summed E-state index contributed by atoms with van der Waals surface area (Å²) in [4.78, 5) is 16.5. The molecule has 0 fully saturated rings. The van der Waals surface area contributed by atoms with Crippen molar-refractivity contribution in [1.82, 2.24) is 30.1 Å². The molecule has 0 atom stereocenters. The molecule has 0 unspecified atom stereocenters. The fourth-order valence-electron chi connectivity index (χ4n) is 3.09. The molecule has 0 saturated heterocycles. The quantitative estimate of drug-likeness (QED) is 0.453. The van der Waals surface area contributed by atoms with Gasteiger partial charge in [-0.15, -0.1) is 21.5 Å². The predicted molar refractivity (Wildman–Crippen MR) is 111 cm³/mol. The Morgan fingerprint density at radius 2 is 1.97 bits per heavy atom. The van der Waals surface area contributed by atoms with E-state index in [0.29, 0.717) is 17.2 Å². The summed E-state index contributed by atoms with van der Waals surface area (Å²) in [5, 5.41) is 17.7. The number of carbonyl (C=O) groups excluding carboxylic acids is 1. The third-order valence-corrected chi connectivity index (χ3v) is 5.51. The number of aromatic amines is 1. The van der Waals surface area contributed by atoms with Crippen LogP contribution in [0.5, 0.6) is 0 Å². The highest BCUT2D eigenvalue weighted by Gasteiger charge is 2.13. The lowest BCUT2D eigenvalue weighted by molar-refractivity contribution is 0.0945. The van der Waals surface area contributed by atoms with Crippen LogP contribution in [0.25, 0.3) is 27.3 Å². The van der Waals surface area contributed by atoms with E-state index in [-0.39, 0.29) is 18.3 Å². The van der Waals surface area contributed by atoms with E-state index >= 15 is 0 Å². The van der Waals surface area contributed by atoms with Crippen molar-refractivity contribution in [1.29, 1.82) is 0 Å². The normalized spacial score (nSPS) is 11.1. The van der Waals surface area contributed by atoms with Crippen molar-refractivity contribution >= 4 is 22.9 Å². The van der Waals surface area contributed by atoms with Crippen LogP contribution in [0.1, 0.15) is 16.3 Å². The van der Waals surface area contributed by atoms with E-state index in [1.54, 1.807) is 40.2 Å². The first-order valence-electron chi connectivity index (χ1n) is 9.15. The molecule has 7 nitrogen and oxygen atoms in total. The maximum absolute atomic E-state index is 13.1. The van der Waals surface area contributed by atoms with Gasteiger partial charge in [0.2, 0.25) is 0 Å². The van der Waals surface area contributed by atoms with E-state index in [4.69, 9.17) is 0 Å². The van der Waals surface area contributed by atoms with Crippen LogP contribution in [0.3, 0.4) is 0 Å². The van der Waals surface area contributed by atoms with E-state index in [2.05, 4.69) is 25.6 Å². The Bertz CT molecular complexity index is 1320. The van der Waals surface area contributed by atoms with Gasteiger partial charge in [0.05, 0.1) is 11.4 Å². The molecular formula is C21H15FN6OS. The zero-order chi connectivity index (χ0) is 20.5. The fourth-order valence-corrected chi connectivity index (χ4v) is 3.78. The van der Waals surface area contributed by atoms with E-state index in [1.807, 2.05) is 29.6 Å². The highest BCUT2D eigenvalue weighted by atomic mass is 32.1. The average molecular weight is 418 g/mol. The van der Waals surface area contributed by atoms with Crippen molar-refractivity contribution in [3.63, 3.8) is 0 Å². The molecule has 0 aliphatic carbocycles. The van der Waals surface area contributed by atoms with E-state index in [0.717, 1.165) is 21.7 Å². The summed E-state index contributed by atoms with van der Waals surface area (Å²) < 4.78 is 14.7. The Morgan fingerprint density at radius 1 is 1.10 bits per heavy atom. The van der Waals surface area contributed by atoms with Gasteiger partial charge in [0.15, 0.2) is 11.5 Å². The number of fused-ring (bicyclic) bond motifs is 1. The second-order valence-corrected chi connectivity index (χ2v) is 7.52. The van der Waals surface area contributed by atoms with Crippen molar-refractivity contribution in [2.45, 2.75) is 6.54 Å². The van der Waals surface area contributed by atoms with Crippen molar-refractivity contribution in [3.8, 4) is 21.7 Å². The van der Waals surface area contributed by atoms with Gasteiger partial charge < -0.3 is 10.3 Å². The maximum atomic E-state index is 13.1. The lowest BCUT2D eigenvalue weighted by Gasteiger charge is -2.03. The zero-order valence-electron chi connectivity index (χ0n) is 15.5. The van der Waals surface area contributed by atoms with E-state index in [9.17, 15) is 9.18 Å². The van der Waals surface area contributed by atoms with Crippen LogP contribution in [0, 0.1) is 5.82 Å². The van der Waals surface area contributed by atoms with Gasteiger partial charge in [0.25, 0.3) is 5.91 Å². The summed E-state index contributed by atoms with van der Waals surface area (Å²) in [6.45, 7) is 0.172. The van der Waals surface area contributed by atoms with E-state index < -0.39 is 0 Å². The van der Waals surface area contributed by atoms with Gasteiger partial charge in [-0.1, -0.05) is 18.2 Å². The lowest BCUT2D eigenvalue weighted by atomic mass is 10.1. The molecule has 4 heterocycles. The predicted octanol–water partition coefficient (Wildman–Crippen LogP) is 3.92. The fraction of sp³-hybridized carbons (Fsp3) is 0.0476. The number of hydrogen-bond donors (Lipinski definition) is 2. The SMILES string of the molecule is O=C(NCc1nnc2ccc(-c3cccs3)nn12)c1cc(-c2ccc(F)cc2)c[nH]1. The number of H-pyrrole nitrogens is 1. The van der Waals surface area contributed by atoms with Gasteiger partial charge in [0.1, 0.15) is 17.2 Å². The number of halogens is 1. The number of aromatic nitrogens is 5. The number of rotatable bonds is 5. The third-order valence-electron chi connectivity index (χ3n) is 4.61. The number of carbonyl (C=O) groups is 1. The maximum Gasteiger partial charge on any atom is 0.268 e. The lowest BCUT2D eigenvalue weighted by Crippen LogP contribution is -2.24. The molecule has 0 radical (unpaired) electrons. The topological polar surface area (TPSA) is 88.0 Å². The molecule has 0 aliphatic rings. The molecule has 0 spiro atoms. The van der Waals surface area contributed by atoms with Crippen LogP contribution in [0.15, 0.2) is 66.2 Å². The molecule has 148 valence electrons. The Hall–Kier alpha value is -3.85. The molecule has 0 aliphatic heterocycles. The van der Waals surface area contributed by atoms with Crippen molar-refractivity contribution < 1.29 is 9.18 Å². The average Bonchev–Trinajstić information content (AvgIpc) is 3.53. The molecular weight excluding hydrogens is 403 g/mol. The number of amides is 1. The van der Waals surface area contributed by atoms with Gasteiger partial charge in [-0.2, -0.15) is 9.61 Å². The summed E-state index contributed by atoms with van der Waals surface area (Å²) in [5.41, 5.74) is 3.45. The monoisotopic (exact) mass is 418 g/mol. The van der Waals surface area contributed by atoms with Crippen LogP contribution in [0.4, 0.5) is 4.39 Å². The summed E-state index contributed by atoms with van der Waals surface area (Å²) >= 11 is 1.60. The summed E-state index contributed by atoms with van der Waals surface area (Å²) in [6, 6.07) is 15.5. The third kappa shape index (κ3) is 3.46. The molecule has 0 saturated carbocycles. The highest BCUT2D eigenvalue weighted by molar-refractivity contribution is 7.13. The number of hydrogen-bond acceptors (Lipinski definition) is 5. The van der Waals surface area contributed by atoms with Crippen molar-refractivity contribution in [2.24, 2.45) is 0 Å². The standard InChI is InChI=1S/C21H15FN6OS/c22-15-5-3-13(4-6-15)14-10-17(23-11-14)21(29)24-12-20-26-25-19-8-7-16(27-28(19)20)18-2-1-9-30-18/h1-11,23H,12H2,(H,24,29). The number of nitrogens with one attached hydrogen (secondary N) is 2. The minimum Gasteiger partial charge on any atom is -0.357 e. The summed E-state index contributed by atoms with van der Waals surface area (Å²) in [6.07, 6.45) is 1.71. The Balaban J connectivity index is 1.32. The molecule has 1 amide bonds. The van der Waals surface area contributed by atoms with Gasteiger partial charge in [-0.3, -0.25) is 4.79 Å². The molecule has 5 rings (SSSR count). The van der Waals surface area contributed by atoms with E-state index in [1.165, 1.54) is 12.1 Å². The largest absolute Gasteiger partial charge is 0.357 e. The second-order valence-electron chi connectivity index (χ2n) is 6.57. The molecule has 30 heavy (non-hydrogen) atoms. The van der Waals surface area contributed by atoms with Crippen molar-refractivity contribution in [3.05, 3.63) is 83.5 Å². The molecule has 1 aromatic carbocycles. The van der Waals surface area contributed by atoms with Gasteiger partial charge in [-0.25, -0.2) is 4.39 Å². The number of benzene rings is 1. The number of thiophene rings is 1. The van der Waals surface area contributed by atoms with Crippen LogP contribution in [-0.2, 0) is 6.54 Å². The molecule has 4 aromatic heterocycles. The van der Waals surface area contributed by atoms with Gasteiger partial charge in [0, 0.05) is 6.20 Å².